The number of hydrogen-bond donors (Lipinski definition) is 2. The molecule has 0 unspecified atom stereocenters. The van der Waals surface area contributed by atoms with E-state index in [4.69, 9.17) is 23.2 Å². The maximum Gasteiger partial charge on any atom is 0.307 e. The fourth-order valence-corrected chi connectivity index (χ4v) is 3.00. The lowest BCUT2D eigenvalue weighted by Gasteiger charge is -2.26. The molecule has 112 valence electrons. The van der Waals surface area contributed by atoms with Gasteiger partial charge in [-0.25, -0.2) is 0 Å². The number of rotatable bonds is 3. The van der Waals surface area contributed by atoms with E-state index >= 15 is 0 Å². The van der Waals surface area contributed by atoms with Gasteiger partial charge in [0.1, 0.15) is 0 Å². The van der Waals surface area contributed by atoms with Crippen molar-refractivity contribution in [3.05, 3.63) is 39.9 Å². The molecule has 1 amide bonds. The van der Waals surface area contributed by atoms with Gasteiger partial charge in [-0.1, -0.05) is 34.9 Å². The molecule has 6 heteroatoms. The third-order valence-electron chi connectivity index (χ3n) is 3.53. The van der Waals surface area contributed by atoms with Gasteiger partial charge in [-0.05, 0) is 38.0 Å². The molecule has 0 saturated carbocycles. The van der Waals surface area contributed by atoms with E-state index in [9.17, 15) is 14.7 Å². The van der Waals surface area contributed by atoms with E-state index in [1.165, 1.54) is 0 Å². The molecule has 0 bridgehead atoms. The summed E-state index contributed by atoms with van der Waals surface area (Å²) in [6.07, 6.45) is 2.69. The van der Waals surface area contributed by atoms with Crippen molar-refractivity contribution in [2.24, 2.45) is 11.8 Å². The Hall–Kier alpha value is -1.52. The number of benzene rings is 1. The number of aliphatic carboxylic acids is 1. The van der Waals surface area contributed by atoms with Crippen LogP contribution < -0.4 is 5.32 Å². The molecule has 4 nitrogen and oxygen atoms in total. The molecule has 1 aromatic carbocycles. The first-order valence-electron chi connectivity index (χ1n) is 6.52. The first-order valence-corrected chi connectivity index (χ1v) is 7.28. The van der Waals surface area contributed by atoms with Crippen molar-refractivity contribution in [3.63, 3.8) is 0 Å². The van der Waals surface area contributed by atoms with E-state index < -0.39 is 17.8 Å². The topological polar surface area (TPSA) is 66.4 Å². The largest absolute Gasteiger partial charge is 0.481 e. The standard InChI is InChI=1S/C15H15Cl2NO3/c1-8-2-3-12(15(20)21)13(4-8)14(19)18-11-6-9(16)5-10(17)7-11/h2,5-7,12-13H,3-4H2,1H3,(H,18,19)(H,20,21)/t12-,13+/m0/s1. The molecule has 2 N–H and O–H groups in total. The zero-order chi connectivity index (χ0) is 15.6. The molecule has 0 aromatic heterocycles. The fraction of sp³-hybridized carbons (Fsp3) is 0.333. The molecule has 2 atom stereocenters. The lowest BCUT2D eigenvalue weighted by Crippen LogP contribution is -2.35. The van der Waals surface area contributed by atoms with Gasteiger partial charge in [-0.2, -0.15) is 0 Å². The summed E-state index contributed by atoms with van der Waals surface area (Å²) in [7, 11) is 0. The lowest BCUT2D eigenvalue weighted by atomic mass is 9.79. The molecule has 0 aliphatic heterocycles. The Morgan fingerprint density at radius 1 is 1.19 bits per heavy atom. The maximum atomic E-state index is 12.4. The Labute approximate surface area is 132 Å². The summed E-state index contributed by atoms with van der Waals surface area (Å²) in [5, 5.41) is 12.8. The molecule has 0 radical (unpaired) electrons. The Morgan fingerprint density at radius 3 is 2.38 bits per heavy atom. The number of carbonyl (C=O) groups excluding carboxylic acids is 1. The molecule has 21 heavy (non-hydrogen) atoms. The van der Waals surface area contributed by atoms with Crippen LogP contribution in [0.2, 0.25) is 10.0 Å². The van der Waals surface area contributed by atoms with Crippen LogP contribution in [0.25, 0.3) is 0 Å². The fourth-order valence-electron chi connectivity index (χ4n) is 2.47. The Balaban J connectivity index is 2.18. The molecule has 0 spiro atoms. The number of hydrogen-bond acceptors (Lipinski definition) is 2. The van der Waals surface area contributed by atoms with E-state index in [1.807, 2.05) is 13.0 Å². The average molecular weight is 328 g/mol. The first-order chi connectivity index (χ1) is 9.86. The molecule has 1 aliphatic carbocycles. The predicted octanol–water partition coefficient (Wildman–Crippen LogP) is 3.99. The minimum absolute atomic E-state index is 0.326. The number of carboxylic acids is 1. The van der Waals surface area contributed by atoms with Crippen LogP contribution in [0.5, 0.6) is 0 Å². The smallest absolute Gasteiger partial charge is 0.307 e. The summed E-state index contributed by atoms with van der Waals surface area (Å²) >= 11 is 11.8. The molecule has 0 saturated heterocycles. The predicted molar refractivity (Wildman–Crippen MR) is 82.7 cm³/mol. The van der Waals surface area contributed by atoms with Crippen molar-refractivity contribution in [1.82, 2.24) is 0 Å². The monoisotopic (exact) mass is 327 g/mol. The highest BCUT2D eigenvalue weighted by molar-refractivity contribution is 6.35. The average Bonchev–Trinajstić information content (AvgIpc) is 2.36. The van der Waals surface area contributed by atoms with Crippen LogP contribution in [0, 0.1) is 11.8 Å². The number of carboxylic acid groups (broad SMARTS) is 1. The van der Waals surface area contributed by atoms with Gasteiger partial charge >= 0.3 is 5.97 Å². The molecule has 0 heterocycles. The van der Waals surface area contributed by atoms with Crippen molar-refractivity contribution in [2.75, 3.05) is 5.32 Å². The van der Waals surface area contributed by atoms with Crippen LogP contribution in [0.1, 0.15) is 19.8 Å². The second kappa shape index (κ2) is 6.50. The molecule has 1 aliphatic rings. The number of nitrogens with one attached hydrogen (secondary N) is 1. The summed E-state index contributed by atoms with van der Waals surface area (Å²) in [4.78, 5) is 23.6. The minimum Gasteiger partial charge on any atom is -0.481 e. The highest BCUT2D eigenvalue weighted by atomic mass is 35.5. The van der Waals surface area contributed by atoms with Crippen molar-refractivity contribution in [1.29, 1.82) is 0 Å². The highest BCUT2D eigenvalue weighted by Crippen LogP contribution is 2.31. The number of allylic oxidation sites excluding steroid dienone is 2. The normalized spacial score (nSPS) is 21.6. The first kappa shape index (κ1) is 15.9. The van der Waals surface area contributed by atoms with Crippen molar-refractivity contribution < 1.29 is 14.7 Å². The summed E-state index contributed by atoms with van der Waals surface area (Å²) in [5.74, 6) is -2.58. The van der Waals surface area contributed by atoms with Gasteiger partial charge in [-0.3, -0.25) is 9.59 Å². The van der Waals surface area contributed by atoms with Gasteiger partial charge < -0.3 is 10.4 Å². The Morgan fingerprint density at radius 2 is 1.81 bits per heavy atom. The van der Waals surface area contributed by atoms with Crippen molar-refractivity contribution in [3.8, 4) is 0 Å². The van der Waals surface area contributed by atoms with E-state index in [-0.39, 0.29) is 5.91 Å². The van der Waals surface area contributed by atoms with Crippen molar-refractivity contribution in [2.45, 2.75) is 19.8 Å². The van der Waals surface area contributed by atoms with Crippen LogP contribution in [0.4, 0.5) is 5.69 Å². The van der Waals surface area contributed by atoms with Crippen LogP contribution in [-0.4, -0.2) is 17.0 Å². The van der Waals surface area contributed by atoms with Crippen molar-refractivity contribution >= 4 is 40.8 Å². The SMILES string of the molecule is CC1=CC[C@H](C(=O)O)[C@H](C(=O)Nc2cc(Cl)cc(Cl)c2)C1. The molecule has 0 fully saturated rings. The minimum atomic E-state index is -0.956. The van der Waals surface area contributed by atoms with Gasteiger partial charge in [0, 0.05) is 15.7 Å². The van der Waals surface area contributed by atoms with Crippen LogP contribution >= 0.6 is 23.2 Å². The van der Waals surface area contributed by atoms with Gasteiger partial charge in [0.05, 0.1) is 11.8 Å². The van der Waals surface area contributed by atoms with Gasteiger partial charge in [-0.15, -0.1) is 0 Å². The van der Waals surface area contributed by atoms with Crippen LogP contribution in [-0.2, 0) is 9.59 Å². The summed E-state index contributed by atoms with van der Waals surface area (Å²) in [5.41, 5.74) is 1.49. The van der Waals surface area contributed by atoms with E-state index in [1.54, 1.807) is 18.2 Å². The summed E-state index contributed by atoms with van der Waals surface area (Å²) < 4.78 is 0. The molecule has 2 rings (SSSR count). The zero-order valence-electron chi connectivity index (χ0n) is 11.4. The summed E-state index contributed by atoms with van der Waals surface area (Å²) in [6.45, 7) is 1.90. The molecular formula is C15H15Cl2NO3. The third-order valence-corrected chi connectivity index (χ3v) is 3.97. The Bertz CT molecular complexity index is 593. The highest BCUT2D eigenvalue weighted by Gasteiger charge is 2.35. The summed E-state index contributed by atoms with van der Waals surface area (Å²) in [6, 6.07) is 4.71. The van der Waals surface area contributed by atoms with Crippen LogP contribution in [0.15, 0.2) is 29.8 Å². The van der Waals surface area contributed by atoms with E-state index in [0.29, 0.717) is 28.6 Å². The number of amides is 1. The lowest BCUT2D eigenvalue weighted by molar-refractivity contribution is -0.146. The van der Waals surface area contributed by atoms with Gasteiger partial charge in [0.15, 0.2) is 0 Å². The Kier molecular flexibility index (Phi) is 4.91. The third kappa shape index (κ3) is 3.99. The van der Waals surface area contributed by atoms with Gasteiger partial charge in [0.2, 0.25) is 5.91 Å². The molecule has 1 aromatic rings. The number of anilines is 1. The second-order valence-corrected chi connectivity index (χ2v) is 6.06. The van der Waals surface area contributed by atoms with Gasteiger partial charge in [0.25, 0.3) is 0 Å². The maximum absolute atomic E-state index is 12.4. The number of halogens is 2. The second-order valence-electron chi connectivity index (χ2n) is 5.19. The molecular weight excluding hydrogens is 313 g/mol. The zero-order valence-corrected chi connectivity index (χ0v) is 12.9. The quantitative estimate of drug-likeness (QED) is 0.825. The van der Waals surface area contributed by atoms with E-state index in [2.05, 4.69) is 5.32 Å². The number of carbonyl (C=O) groups is 2. The van der Waals surface area contributed by atoms with Crippen LogP contribution in [0.3, 0.4) is 0 Å². The van der Waals surface area contributed by atoms with E-state index in [0.717, 1.165) is 5.57 Å².